The van der Waals surface area contributed by atoms with Crippen molar-refractivity contribution in [2.75, 3.05) is 18.6 Å². The van der Waals surface area contributed by atoms with Crippen molar-refractivity contribution in [1.29, 1.82) is 0 Å². The molecule has 0 spiro atoms. The van der Waals surface area contributed by atoms with E-state index in [0.717, 1.165) is 0 Å². The van der Waals surface area contributed by atoms with Crippen LogP contribution in [0.4, 0.5) is 5.69 Å². The third kappa shape index (κ3) is 4.71. The van der Waals surface area contributed by atoms with E-state index in [-0.39, 0.29) is 24.8 Å². The van der Waals surface area contributed by atoms with E-state index >= 15 is 0 Å². The minimum absolute atomic E-state index is 0.0753. The van der Waals surface area contributed by atoms with Crippen LogP contribution in [0.2, 0.25) is 0 Å². The van der Waals surface area contributed by atoms with Crippen LogP contribution in [-0.2, 0) is 14.4 Å². The van der Waals surface area contributed by atoms with Crippen LogP contribution < -0.4 is 15.0 Å². The molecule has 2 rings (SSSR count). The van der Waals surface area contributed by atoms with E-state index in [2.05, 4.69) is 5.32 Å². The molecule has 1 aliphatic heterocycles. The molecule has 1 fully saturated rings. The van der Waals surface area contributed by atoms with E-state index in [4.69, 9.17) is 4.74 Å². The zero-order valence-electron chi connectivity index (χ0n) is 14.7. The summed E-state index contributed by atoms with van der Waals surface area (Å²) in [5.74, 6) is -1.33. The van der Waals surface area contributed by atoms with Gasteiger partial charge in [0, 0.05) is 18.7 Å². The molecule has 25 heavy (non-hydrogen) atoms. The molecule has 136 valence electrons. The molecule has 2 amide bonds. The predicted octanol–water partition coefficient (Wildman–Crippen LogP) is 1.66. The lowest BCUT2D eigenvalue weighted by Gasteiger charge is -2.19. The van der Waals surface area contributed by atoms with E-state index in [1.807, 2.05) is 13.8 Å². The fourth-order valence-corrected chi connectivity index (χ4v) is 2.88. The number of hydrogen-bond donors (Lipinski definition) is 2. The van der Waals surface area contributed by atoms with Gasteiger partial charge >= 0.3 is 5.97 Å². The number of nitrogens with one attached hydrogen (secondary N) is 1. The molecule has 1 aromatic rings. The molecule has 2 N–H and O–H groups in total. The van der Waals surface area contributed by atoms with Gasteiger partial charge in [-0.25, -0.2) is 4.79 Å². The van der Waals surface area contributed by atoms with Crippen molar-refractivity contribution in [1.82, 2.24) is 5.32 Å². The number of carboxylic acids is 1. The summed E-state index contributed by atoms with van der Waals surface area (Å²) < 4.78 is 5.09. The number of methoxy groups -OCH3 is 1. The molecule has 2 unspecified atom stereocenters. The molecule has 7 nitrogen and oxygen atoms in total. The summed E-state index contributed by atoms with van der Waals surface area (Å²) in [7, 11) is 1.56. The maximum Gasteiger partial charge on any atom is 0.326 e. The lowest BCUT2D eigenvalue weighted by atomic mass is 10.0. The van der Waals surface area contributed by atoms with Crippen molar-refractivity contribution in [3.05, 3.63) is 24.3 Å². The quantitative estimate of drug-likeness (QED) is 0.781. The highest BCUT2D eigenvalue weighted by molar-refractivity contribution is 6.00. The zero-order valence-corrected chi connectivity index (χ0v) is 14.7. The summed E-state index contributed by atoms with van der Waals surface area (Å²) in [6.07, 6.45) is 0.426. The normalized spacial score (nSPS) is 18.3. The molecule has 1 heterocycles. The maximum atomic E-state index is 12.4. The number of ether oxygens (including phenoxy) is 1. The lowest BCUT2D eigenvalue weighted by Crippen LogP contribution is -2.44. The molecule has 0 bridgehead atoms. The van der Waals surface area contributed by atoms with E-state index < -0.39 is 23.8 Å². The Bertz CT molecular complexity index is 641. The number of benzene rings is 1. The predicted molar refractivity (Wildman–Crippen MR) is 92.5 cm³/mol. The molecule has 1 aliphatic rings. The second kappa shape index (κ2) is 8.00. The summed E-state index contributed by atoms with van der Waals surface area (Å²) in [5, 5.41) is 11.8. The van der Waals surface area contributed by atoms with Crippen LogP contribution in [0.15, 0.2) is 24.3 Å². The van der Waals surface area contributed by atoms with Gasteiger partial charge in [0.05, 0.1) is 13.0 Å². The second-order valence-electron chi connectivity index (χ2n) is 6.63. The number of carboxylic acid groups (broad SMARTS) is 1. The van der Waals surface area contributed by atoms with Crippen LogP contribution in [0, 0.1) is 11.8 Å². The van der Waals surface area contributed by atoms with Gasteiger partial charge in [0.2, 0.25) is 11.8 Å². The van der Waals surface area contributed by atoms with E-state index in [0.29, 0.717) is 17.9 Å². The Kier molecular flexibility index (Phi) is 6.01. The number of rotatable bonds is 7. The molecule has 1 aromatic carbocycles. The van der Waals surface area contributed by atoms with Crippen molar-refractivity contribution in [2.45, 2.75) is 32.7 Å². The molecule has 2 atom stereocenters. The summed E-state index contributed by atoms with van der Waals surface area (Å²) in [4.78, 5) is 37.5. The van der Waals surface area contributed by atoms with Crippen molar-refractivity contribution in [3.63, 3.8) is 0 Å². The van der Waals surface area contributed by atoms with Crippen molar-refractivity contribution in [3.8, 4) is 5.75 Å². The minimum Gasteiger partial charge on any atom is -0.497 e. The smallest absolute Gasteiger partial charge is 0.326 e. The van der Waals surface area contributed by atoms with Gasteiger partial charge in [-0.3, -0.25) is 9.59 Å². The zero-order chi connectivity index (χ0) is 18.6. The van der Waals surface area contributed by atoms with E-state index in [9.17, 15) is 19.5 Å². The highest BCUT2D eigenvalue weighted by atomic mass is 16.5. The third-order valence-corrected chi connectivity index (χ3v) is 4.20. The van der Waals surface area contributed by atoms with Gasteiger partial charge in [-0.1, -0.05) is 13.8 Å². The summed E-state index contributed by atoms with van der Waals surface area (Å²) >= 11 is 0. The first-order chi connectivity index (χ1) is 11.8. The van der Waals surface area contributed by atoms with Gasteiger partial charge in [-0.15, -0.1) is 0 Å². The summed E-state index contributed by atoms with van der Waals surface area (Å²) in [6, 6.07) is 6.08. The van der Waals surface area contributed by atoms with Crippen LogP contribution in [0.1, 0.15) is 26.7 Å². The van der Waals surface area contributed by atoms with Crippen LogP contribution in [0.5, 0.6) is 5.75 Å². The summed E-state index contributed by atoms with van der Waals surface area (Å²) in [6.45, 7) is 4.03. The van der Waals surface area contributed by atoms with Gasteiger partial charge < -0.3 is 20.1 Å². The number of amides is 2. The van der Waals surface area contributed by atoms with Gasteiger partial charge in [-0.2, -0.15) is 0 Å². The van der Waals surface area contributed by atoms with Crippen molar-refractivity contribution in [2.24, 2.45) is 11.8 Å². The first kappa shape index (κ1) is 18.8. The average molecular weight is 348 g/mol. The Morgan fingerprint density at radius 2 is 1.96 bits per heavy atom. The topological polar surface area (TPSA) is 95.9 Å². The summed E-state index contributed by atoms with van der Waals surface area (Å²) in [5.41, 5.74) is 0.693. The van der Waals surface area contributed by atoms with E-state index in [1.54, 1.807) is 36.3 Å². The fourth-order valence-electron chi connectivity index (χ4n) is 2.88. The Balaban J connectivity index is 2.02. The lowest BCUT2D eigenvalue weighted by molar-refractivity contribution is -0.142. The van der Waals surface area contributed by atoms with E-state index in [1.165, 1.54) is 0 Å². The monoisotopic (exact) mass is 348 g/mol. The Hall–Kier alpha value is -2.57. The average Bonchev–Trinajstić information content (AvgIpc) is 2.95. The number of carbonyl (C=O) groups is 3. The van der Waals surface area contributed by atoms with Crippen LogP contribution in [0.3, 0.4) is 0 Å². The minimum atomic E-state index is -1.06. The molecular formula is C18H24N2O5. The molecule has 0 aromatic heterocycles. The van der Waals surface area contributed by atoms with Crippen LogP contribution >= 0.6 is 0 Å². The van der Waals surface area contributed by atoms with Crippen LogP contribution in [0.25, 0.3) is 0 Å². The van der Waals surface area contributed by atoms with Gasteiger partial charge in [0.25, 0.3) is 0 Å². The molecule has 0 radical (unpaired) electrons. The first-order valence-corrected chi connectivity index (χ1v) is 8.29. The Morgan fingerprint density at radius 3 is 2.48 bits per heavy atom. The Labute approximate surface area is 147 Å². The maximum absolute atomic E-state index is 12.4. The Morgan fingerprint density at radius 1 is 1.32 bits per heavy atom. The number of nitrogens with zero attached hydrogens (tertiary/aromatic N) is 1. The molecule has 1 saturated heterocycles. The van der Waals surface area contributed by atoms with Gasteiger partial charge in [0.1, 0.15) is 11.8 Å². The highest BCUT2D eigenvalue weighted by Crippen LogP contribution is 2.27. The third-order valence-electron chi connectivity index (χ3n) is 4.20. The van der Waals surface area contributed by atoms with Gasteiger partial charge in [-0.05, 0) is 36.6 Å². The molecular weight excluding hydrogens is 324 g/mol. The fraction of sp³-hybridized carbons (Fsp3) is 0.500. The molecule has 0 aliphatic carbocycles. The highest BCUT2D eigenvalue weighted by Gasteiger charge is 2.36. The van der Waals surface area contributed by atoms with Crippen LogP contribution in [-0.4, -0.2) is 42.6 Å². The molecule has 7 heteroatoms. The molecule has 0 saturated carbocycles. The largest absolute Gasteiger partial charge is 0.497 e. The number of carbonyl (C=O) groups excluding carboxylic acids is 2. The second-order valence-corrected chi connectivity index (χ2v) is 6.63. The standard InChI is InChI=1S/C18H24N2O5/c1-11(2)8-15(18(23)24)19-17(22)12-9-16(21)20(10-12)13-4-6-14(25-3)7-5-13/h4-7,11-12,15H,8-10H2,1-3H3,(H,19,22)(H,23,24). The van der Waals surface area contributed by atoms with Crippen molar-refractivity contribution < 1.29 is 24.2 Å². The number of aliphatic carboxylic acids is 1. The number of hydrogen-bond acceptors (Lipinski definition) is 4. The number of anilines is 1. The first-order valence-electron chi connectivity index (χ1n) is 8.29. The SMILES string of the molecule is COc1ccc(N2CC(C(=O)NC(CC(C)C)C(=O)O)CC2=O)cc1. The van der Waals surface area contributed by atoms with Gasteiger partial charge in [0.15, 0.2) is 0 Å². The van der Waals surface area contributed by atoms with Crippen molar-refractivity contribution >= 4 is 23.5 Å².